The van der Waals surface area contributed by atoms with E-state index >= 15 is 0 Å². The molecule has 0 bridgehead atoms. The van der Waals surface area contributed by atoms with Gasteiger partial charge in [0.15, 0.2) is 8.32 Å². The zero-order chi connectivity index (χ0) is 21.4. The number of halogens is 1. The third kappa shape index (κ3) is 7.70. The van der Waals surface area contributed by atoms with Crippen molar-refractivity contribution < 1.29 is 14.0 Å². The number of ether oxygens (including phenoxy) is 1. The number of hydrogen-bond donors (Lipinski definition) is 0. The molecule has 0 aromatic heterocycles. The van der Waals surface area contributed by atoms with Gasteiger partial charge in [-0.1, -0.05) is 62.8 Å². The summed E-state index contributed by atoms with van der Waals surface area (Å²) in [5.41, 5.74) is 2.22. The van der Waals surface area contributed by atoms with Crippen molar-refractivity contribution in [3.05, 3.63) is 47.5 Å². The molecule has 1 atom stereocenters. The molecule has 1 aromatic carbocycles. The summed E-state index contributed by atoms with van der Waals surface area (Å²) in [4.78, 5) is 14.8. The second-order valence-corrected chi connectivity index (χ2v) is 13.8. The first kappa shape index (κ1) is 24.9. The Hall–Kier alpha value is -1.14. The standard InChI is InChI=1S/C22H36ClNO3Si/c1-18(15-23)13-14-24(16-19-11-9-8-10-12-19)20(21(25)26-5)17-27-28(6,7)22(2,3)4/h8-13,20H,14-17H2,1-7H3/b18-13+/t20-/m1/s1. The summed E-state index contributed by atoms with van der Waals surface area (Å²) in [6.45, 7) is 14.5. The summed E-state index contributed by atoms with van der Waals surface area (Å²) >= 11 is 5.94. The molecule has 0 N–H and O–H groups in total. The van der Waals surface area contributed by atoms with E-state index < -0.39 is 14.4 Å². The van der Waals surface area contributed by atoms with Crippen molar-refractivity contribution in [3.8, 4) is 0 Å². The fraction of sp³-hybridized carbons (Fsp3) is 0.591. The minimum Gasteiger partial charge on any atom is -0.468 e. The van der Waals surface area contributed by atoms with E-state index in [9.17, 15) is 4.79 Å². The van der Waals surface area contributed by atoms with E-state index in [0.717, 1.165) is 11.1 Å². The summed E-state index contributed by atoms with van der Waals surface area (Å²) in [6.07, 6.45) is 2.07. The zero-order valence-corrected chi connectivity index (χ0v) is 20.2. The normalized spacial score (nSPS) is 14.2. The molecule has 0 fully saturated rings. The Bertz CT molecular complexity index is 641. The van der Waals surface area contributed by atoms with Crippen molar-refractivity contribution in [2.24, 2.45) is 0 Å². The van der Waals surface area contributed by atoms with E-state index in [1.807, 2.05) is 25.1 Å². The van der Waals surface area contributed by atoms with E-state index in [1.165, 1.54) is 7.11 Å². The highest BCUT2D eigenvalue weighted by Crippen LogP contribution is 2.36. The average Bonchev–Trinajstić information content (AvgIpc) is 2.65. The first-order valence-corrected chi connectivity index (χ1v) is 13.2. The van der Waals surface area contributed by atoms with E-state index in [2.05, 4.69) is 57.0 Å². The van der Waals surface area contributed by atoms with Gasteiger partial charge >= 0.3 is 5.97 Å². The van der Waals surface area contributed by atoms with Gasteiger partial charge in [0.1, 0.15) is 6.04 Å². The smallest absolute Gasteiger partial charge is 0.325 e. The number of allylic oxidation sites excluding steroid dienone is 1. The molecule has 28 heavy (non-hydrogen) atoms. The lowest BCUT2D eigenvalue weighted by molar-refractivity contribution is -0.148. The van der Waals surface area contributed by atoms with E-state index in [0.29, 0.717) is 25.6 Å². The third-order valence-electron chi connectivity index (χ3n) is 5.44. The quantitative estimate of drug-likeness (QED) is 0.222. The van der Waals surface area contributed by atoms with Crippen LogP contribution in [0.3, 0.4) is 0 Å². The third-order valence-corrected chi connectivity index (χ3v) is 10.4. The Kier molecular flexibility index (Phi) is 9.91. The maximum Gasteiger partial charge on any atom is 0.325 e. The maximum absolute atomic E-state index is 12.6. The van der Waals surface area contributed by atoms with Crippen LogP contribution in [0.2, 0.25) is 18.1 Å². The molecule has 0 aliphatic rings. The summed E-state index contributed by atoms with van der Waals surface area (Å²) in [5, 5.41) is 0.0764. The Morgan fingerprint density at radius 2 is 1.86 bits per heavy atom. The van der Waals surface area contributed by atoms with Crippen LogP contribution >= 0.6 is 11.6 Å². The summed E-state index contributed by atoms with van der Waals surface area (Å²) in [5.74, 6) is 0.203. The number of nitrogens with zero attached hydrogens (tertiary/aromatic N) is 1. The first-order chi connectivity index (χ1) is 13.0. The molecule has 4 nitrogen and oxygen atoms in total. The van der Waals surface area contributed by atoms with Gasteiger partial charge < -0.3 is 9.16 Å². The van der Waals surface area contributed by atoms with Gasteiger partial charge in [-0.15, -0.1) is 11.6 Å². The minimum absolute atomic E-state index is 0.0764. The highest BCUT2D eigenvalue weighted by Gasteiger charge is 2.39. The number of hydrogen-bond acceptors (Lipinski definition) is 4. The zero-order valence-electron chi connectivity index (χ0n) is 18.4. The van der Waals surface area contributed by atoms with Gasteiger partial charge in [-0.3, -0.25) is 9.69 Å². The second-order valence-electron chi connectivity index (χ2n) is 8.71. The summed E-state index contributed by atoms with van der Waals surface area (Å²) in [6, 6.07) is 9.66. The number of benzene rings is 1. The molecule has 6 heteroatoms. The number of rotatable bonds is 10. The minimum atomic E-state index is -1.99. The number of alkyl halides is 1. The molecule has 0 saturated heterocycles. The van der Waals surface area contributed by atoms with Crippen LogP contribution in [0.15, 0.2) is 42.0 Å². The van der Waals surface area contributed by atoms with Gasteiger partial charge in [-0.05, 0) is 30.6 Å². The highest BCUT2D eigenvalue weighted by atomic mass is 35.5. The van der Waals surface area contributed by atoms with Crippen molar-refractivity contribution in [1.82, 2.24) is 4.90 Å². The topological polar surface area (TPSA) is 38.8 Å². The SMILES string of the molecule is COC(=O)[C@@H](CO[Si](C)(C)C(C)(C)C)N(C/C=C(\C)CCl)Cc1ccccc1. The van der Waals surface area contributed by atoms with E-state index in [4.69, 9.17) is 20.8 Å². The van der Waals surface area contributed by atoms with Crippen LogP contribution in [-0.2, 0) is 20.5 Å². The molecule has 158 valence electrons. The van der Waals surface area contributed by atoms with Crippen molar-refractivity contribution in [1.29, 1.82) is 0 Å². The van der Waals surface area contributed by atoms with Crippen LogP contribution in [0.4, 0.5) is 0 Å². The first-order valence-electron chi connectivity index (χ1n) is 9.73. The molecule has 0 heterocycles. The second kappa shape index (κ2) is 11.1. The van der Waals surface area contributed by atoms with Crippen molar-refractivity contribution >= 4 is 25.9 Å². The van der Waals surface area contributed by atoms with Gasteiger partial charge in [-0.2, -0.15) is 0 Å². The Morgan fingerprint density at radius 1 is 1.25 bits per heavy atom. The van der Waals surface area contributed by atoms with Crippen LogP contribution in [0.5, 0.6) is 0 Å². The predicted molar refractivity (Wildman–Crippen MR) is 120 cm³/mol. The number of esters is 1. The Labute approximate surface area is 177 Å². The molecule has 0 unspecified atom stereocenters. The van der Waals surface area contributed by atoms with Crippen molar-refractivity contribution in [2.45, 2.75) is 58.4 Å². The molecular formula is C22H36ClNO3Si. The van der Waals surface area contributed by atoms with Crippen molar-refractivity contribution in [3.63, 3.8) is 0 Å². The molecule has 0 saturated carbocycles. The lowest BCUT2D eigenvalue weighted by atomic mass is 10.1. The lowest BCUT2D eigenvalue weighted by Crippen LogP contribution is -2.49. The van der Waals surface area contributed by atoms with Crippen LogP contribution in [0.25, 0.3) is 0 Å². The predicted octanol–water partition coefficient (Wildman–Crippen LogP) is 5.24. The summed E-state index contributed by atoms with van der Waals surface area (Å²) in [7, 11) is -0.554. The number of carbonyl (C=O) groups is 1. The van der Waals surface area contributed by atoms with Gasteiger partial charge in [0.2, 0.25) is 0 Å². The highest BCUT2D eigenvalue weighted by molar-refractivity contribution is 6.74. The van der Waals surface area contributed by atoms with Crippen LogP contribution < -0.4 is 0 Å². The Morgan fingerprint density at radius 3 is 2.36 bits per heavy atom. The van der Waals surface area contributed by atoms with E-state index in [1.54, 1.807) is 0 Å². The number of methoxy groups -OCH3 is 1. The average molecular weight is 426 g/mol. The molecule has 0 spiro atoms. The van der Waals surface area contributed by atoms with Gasteiger partial charge in [0.05, 0.1) is 13.7 Å². The van der Waals surface area contributed by atoms with Crippen LogP contribution in [-0.4, -0.2) is 51.4 Å². The van der Waals surface area contributed by atoms with Gasteiger partial charge in [0, 0.05) is 19.0 Å². The lowest BCUT2D eigenvalue weighted by Gasteiger charge is -2.38. The molecule has 0 radical (unpaired) electrons. The maximum atomic E-state index is 12.6. The summed E-state index contributed by atoms with van der Waals surface area (Å²) < 4.78 is 11.5. The van der Waals surface area contributed by atoms with E-state index in [-0.39, 0.29) is 11.0 Å². The molecular weight excluding hydrogens is 390 g/mol. The van der Waals surface area contributed by atoms with Gasteiger partial charge in [0.25, 0.3) is 0 Å². The molecule has 0 aliphatic heterocycles. The fourth-order valence-corrected chi connectivity index (χ4v) is 3.53. The van der Waals surface area contributed by atoms with Gasteiger partial charge in [-0.25, -0.2) is 0 Å². The molecule has 1 rings (SSSR count). The largest absolute Gasteiger partial charge is 0.468 e. The van der Waals surface area contributed by atoms with Crippen LogP contribution in [0.1, 0.15) is 33.3 Å². The Balaban J connectivity index is 3.10. The monoisotopic (exact) mass is 425 g/mol. The molecule has 0 aliphatic carbocycles. The molecule has 0 amide bonds. The van der Waals surface area contributed by atoms with Crippen molar-refractivity contribution in [2.75, 3.05) is 26.1 Å². The molecule has 1 aromatic rings. The fourth-order valence-electron chi connectivity index (χ4n) is 2.41. The van der Waals surface area contributed by atoms with Crippen LogP contribution in [0, 0.1) is 0 Å². The number of carbonyl (C=O) groups excluding carboxylic acids is 1.